The van der Waals surface area contributed by atoms with E-state index in [1.807, 2.05) is 0 Å². The Morgan fingerprint density at radius 3 is 2.15 bits per heavy atom. The Hall–Kier alpha value is -5.35. The van der Waals surface area contributed by atoms with E-state index in [0.29, 0.717) is 0 Å². The minimum absolute atomic E-state index is 0.0243. The molecule has 2 aromatic heterocycles. The molecule has 4 heteroatoms. The molecule has 8 bridgehead atoms. The molecule has 40 heavy (non-hydrogen) atoms. The highest BCUT2D eigenvalue weighted by molar-refractivity contribution is 6.19. The van der Waals surface area contributed by atoms with E-state index in [2.05, 4.69) is 137 Å². The lowest BCUT2D eigenvalue weighted by Gasteiger charge is -2.12. The molecule has 3 N–H and O–H groups in total. The van der Waals surface area contributed by atoms with E-state index in [-0.39, 0.29) is 6.04 Å². The zero-order chi connectivity index (χ0) is 26.2. The van der Waals surface area contributed by atoms with E-state index in [0.717, 1.165) is 44.6 Å². The summed E-state index contributed by atoms with van der Waals surface area (Å²) in [5.41, 5.74) is 10.1. The Morgan fingerprint density at radius 1 is 0.575 bits per heavy atom. The molecular formula is C36H24N4. The number of nitrogens with one attached hydrogen (secondary N) is 3. The summed E-state index contributed by atoms with van der Waals surface area (Å²) in [6, 6.07) is 34.4. The number of fused-ring (bicyclic) bond motifs is 20. The fraction of sp³-hybridized carbons (Fsp3) is 0.0278. The van der Waals surface area contributed by atoms with Gasteiger partial charge in [-0.3, -0.25) is 0 Å². The first kappa shape index (κ1) is 21.6. The summed E-state index contributed by atoms with van der Waals surface area (Å²) in [4.78, 5) is 12.8. The van der Waals surface area contributed by atoms with Gasteiger partial charge in [0.2, 0.25) is 0 Å². The zero-order valence-electron chi connectivity index (χ0n) is 21.6. The van der Waals surface area contributed by atoms with Crippen LogP contribution >= 0.6 is 0 Å². The van der Waals surface area contributed by atoms with Crippen molar-refractivity contribution in [3.8, 4) is 0 Å². The Kier molecular flexibility index (Phi) is 4.35. The molecular weight excluding hydrogens is 488 g/mol. The second-order valence-electron chi connectivity index (χ2n) is 10.6. The van der Waals surface area contributed by atoms with Gasteiger partial charge < -0.3 is 15.3 Å². The van der Waals surface area contributed by atoms with Crippen molar-refractivity contribution in [3.63, 3.8) is 0 Å². The molecule has 0 fully saturated rings. The summed E-state index contributed by atoms with van der Waals surface area (Å²) in [5.74, 6) is 0. The maximum atomic E-state index is 5.22. The molecule has 5 heterocycles. The van der Waals surface area contributed by atoms with Gasteiger partial charge in [-0.05, 0) is 29.9 Å². The highest BCUT2D eigenvalue weighted by Gasteiger charge is 2.29. The summed E-state index contributed by atoms with van der Waals surface area (Å²) in [6.07, 6.45) is 8.74. The normalized spacial score (nSPS) is 21.1. The fourth-order valence-electron chi connectivity index (χ4n) is 6.59. The van der Waals surface area contributed by atoms with E-state index in [9.17, 15) is 0 Å². The van der Waals surface area contributed by atoms with Crippen LogP contribution in [0.1, 0.15) is 39.7 Å². The third kappa shape index (κ3) is 2.99. The molecule has 4 aromatic carbocycles. The van der Waals surface area contributed by atoms with Gasteiger partial charge >= 0.3 is 0 Å². The summed E-state index contributed by atoms with van der Waals surface area (Å²) in [5, 5.41) is 10.8. The van der Waals surface area contributed by atoms with Crippen LogP contribution in [0.25, 0.3) is 45.1 Å². The van der Waals surface area contributed by atoms with E-state index in [1.165, 1.54) is 38.4 Å². The molecule has 0 spiro atoms. The number of allylic oxidation sites excluding steroid dienone is 2. The van der Waals surface area contributed by atoms with Gasteiger partial charge in [-0.15, -0.1) is 0 Å². The fourth-order valence-corrected chi connectivity index (χ4v) is 6.59. The van der Waals surface area contributed by atoms with Crippen LogP contribution in [0.2, 0.25) is 0 Å². The van der Waals surface area contributed by atoms with E-state index >= 15 is 0 Å². The predicted molar refractivity (Wildman–Crippen MR) is 164 cm³/mol. The molecule has 188 valence electrons. The lowest BCUT2D eigenvalue weighted by molar-refractivity contribution is 0.765. The van der Waals surface area contributed by atoms with Crippen LogP contribution in [0.3, 0.4) is 0 Å². The number of aromatic amines is 2. The number of hydrogen-bond donors (Lipinski definition) is 3. The number of rotatable bonds is 0. The summed E-state index contributed by atoms with van der Waals surface area (Å²) in [7, 11) is 0. The van der Waals surface area contributed by atoms with Crippen molar-refractivity contribution in [2.24, 2.45) is 4.99 Å². The van der Waals surface area contributed by atoms with Crippen molar-refractivity contribution in [2.75, 3.05) is 0 Å². The minimum Gasteiger partial charge on any atom is -0.372 e. The number of aliphatic imine (C=N–C) groups is 1. The van der Waals surface area contributed by atoms with Crippen LogP contribution in [0, 0.1) is 0 Å². The molecule has 0 saturated carbocycles. The number of hydrogen-bond acceptors (Lipinski definition) is 2. The molecule has 0 aliphatic carbocycles. The topological polar surface area (TPSA) is 56.0 Å². The van der Waals surface area contributed by atoms with E-state index < -0.39 is 0 Å². The largest absolute Gasteiger partial charge is 0.372 e. The predicted octanol–water partition coefficient (Wildman–Crippen LogP) is 6.15. The van der Waals surface area contributed by atoms with Gasteiger partial charge in [-0.1, -0.05) is 97.1 Å². The van der Waals surface area contributed by atoms with Crippen molar-refractivity contribution < 1.29 is 0 Å². The van der Waals surface area contributed by atoms with Crippen LogP contribution in [0.4, 0.5) is 0 Å². The van der Waals surface area contributed by atoms with Crippen LogP contribution in [-0.2, 0) is 0 Å². The highest BCUT2D eigenvalue weighted by Crippen LogP contribution is 2.40. The Morgan fingerprint density at radius 2 is 1.27 bits per heavy atom. The van der Waals surface area contributed by atoms with Crippen molar-refractivity contribution in [3.05, 3.63) is 154 Å². The second kappa shape index (κ2) is 8.08. The van der Waals surface area contributed by atoms with E-state index in [1.54, 1.807) is 0 Å². The Balaban J connectivity index is 1.42. The summed E-state index contributed by atoms with van der Waals surface area (Å²) in [6.45, 7) is 0. The standard InChI is InChI=1S/C36H24N4/c1-5-13-25-21(9-1)29-17-18-30-23-11-3-7-15-27(23)35(39-30)36-28-16-8-4-12-24(28)32(40-36)20-19-31-22-10-2-6-14-26(22)34(38-31)33(25)37-29/h1-20,33,37-39H/b20-19-,29-17-,30-18-,36-35-. The smallest absolute Gasteiger partial charge is 0.0957 e. The quantitative estimate of drug-likeness (QED) is 0.225. The zero-order valence-corrected chi connectivity index (χ0v) is 21.6. The SMILES string of the molecule is C1=C\c2[nH]c(c3ccccc23)C2N/C(=C\C=c3/[nH]/c(c4ccccc34)=C3N=C/1c1ccccc1\3)c1ccccc12. The first-order chi connectivity index (χ1) is 19.8. The summed E-state index contributed by atoms with van der Waals surface area (Å²) < 4.78 is 0. The number of aromatic nitrogens is 2. The summed E-state index contributed by atoms with van der Waals surface area (Å²) >= 11 is 0. The molecule has 0 saturated heterocycles. The first-order valence-corrected chi connectivity index (χ1v) is 13.7. The van der Waals surface area contributed by atoms with Crippen molar-refractivity contribution in [1.82, 2.24) is 15.3 Å². The molecule has 1 atom stereocenters. The van der Waals surface area contributed by atoms with E-state index in [4.69, 9.17) is 4.99 Å². The van der Waals surface area contributed by atoms with Gasteiger partial charge in [-0.25, -0.2) is 4.99 Å². The number of benzene rings is 4. The Bertz CT molecular complexity index is 2250. The lowest BCUT2D eigenvalue weighted by Crippen LogP contribution is -2.14. The van der Waals surface area contributed by atoms with Gasteiger partial charge in [0.1, 0.15) is 0 Å². The third-order valence-electron chi connectivity index (χ3n) is 8.43. The maximum Gasteiger partial charge on any atom is 0.0957 e. The second-order valence-corrected chi connectivity index (χ2v) is 10.6. The van der Waals surface area contributed by atoms with Gasteiger partial charge in [0, 0.05) is 55.0 Å². The van der Waals surface area contributed by atoms with Crippen LogP contribution in [0.15, 0.2) is 114 Å². The van der Waals surface area contributed by atoms with Gasteiger partial charge in [0.05, 0.1) is 28.5 Å². The van der Waals surface area contributed by atoms with Crippen LogP contribution in [-0.4, -0.2) is 15.7 Å². The maximum absolute atomic E-state index is 5.22. The van der Waals surface area contributed by atoms with Gasteiger partial charge in [0.15, 0.2) is 0 Å². The van der Waals surface area contributed by atoms with Crippen LogP contribution in [0.5, 0.6) is 0 Å². The minimum atomic E-state index is 0.0243. The Labute approximate surface area is 230 Å². The molecule has 0 radical (unpaired) electrons. The van der Waals surface area contributed by atoms with Gasteiger partial charge in [0.25, 0.3) is 0 Å². The van der Waals surface area contributed by atoms with Crippen molar-refractivity contribution in [1.29, 1.82) is 0 Å². The molecule has 6 aromatic rings. The van der Waals surface area contributed by atoms with Crippen molar-refractivity contribution >= 4 is 50.8 Å². The van der Waals surface area contributed by atoms with Gasteiger partial charge in [-0.2, -0.15) is 0 Å². The molecule has 4 nitrogen and oxygen atoms in total. The number of H-pyrrole nitrogens is 2. The third-order valence-corrected chi connectivity index (χ3v) is 8.43. The molecule has 1 unspecified atom stereocenters. The van der Waals surface area contributed by atoms with Crippen molar-refractivity contribution in [2.45, 2.75) is 6.04 Å². The average molecular weight is 513 g/mol. The average Bonchev–Trinajstić information content (AvgIpc) is 3.75. The van der Waals surface area contributed by atoms with Crippen LogP contribution < -0.4 is 16.0 Å². The first-order valence-electron chi connectivity index (χ1n) is 13.7. The lowest BCUT2D eigenvalue weighted by atomic mass is 9.99. The molecule has 0 amide bonds. The highest BCUT2D eigenvalue weighted by atomic mass is 15.0. The number of nitrogens with zero attached hydrogens (tertiary/aromatic N) is 1. The monoisotopic (exact) mass is 512 g/mol. The molecule has 3 aliphatic rings. The molecule has 9 rings (SSSR count). The molecule has 3 aliphatic heterocycles.